The van der Waals surface area contributed by atoms with Crippen molar-refractivity contribution in [3.8, 4) is 21.6 Å². The number of rotatable bonds is 4. The summed E-state index contributed by atoms with van der Waals surface area (Å²) in [6.07, 6.45) is 0. The predicted molar refractivity (Wildman–Crippen MR) is 138 cm³/mol. The van der Waals surface area contributed by atoms with E-state index < -0.39 is 32.3 Å². The summed E-state index contributed by atoms with van der Waals surface area (Å²) in [4.78, 5) is 2.92. The van der Waals surface area contributed by atoms with Crippen LogP contribution < -0.4 is 0 Å². The molecule has 0 aliphatic heterocycles. The van der Waals surface area contributed by atoms with E-state index in [-0.39, 0.29) is 0 Å². The van der Waals surface area contributed by atoms with Crippen molar-refractivity contribution >= 4 is 55.8 Å². The monoisotopic (exact) mass is 452 g/mol. The first-order valence-corrected chi connectivity index (χ1v) is 24.9. The standard InChI is InChI=1S/C20H36S2Si4/c1-23(2,3)15-13-21-17-18(22-14-16-24(4,5)6)20(26(10,11)12)19(17)25(7,8)9/h1-12H3. The Balaban J connectivity index is 3.36. The first-order chi connectivity index (χ1) is 11.4. The third-order valence-corrected chi connectivity index (χ3v) is 12.1. The van der Waals surface area contributed by atoms with Gasteiger partial charge in [-0.15, -0.1) is 11.1 Å². The van der Waals surface area contributed by atoms with Gasteiger partial charge in [-0.05, 0) is 44.4 Å². The number of thioether (sulfide) groups is 2. The highest BCUT2D eigenvalue weighted by Crippen LogP contribution is 2.53. The van der Waals surface area contributed by atoms with Crippen LogP contribution in [0.1, 0.15) is 0 Å². The van der Waals surface area contributed by atoms with E-state index in [1.165, 1.54) is 9.81 Å². The Morgan fingerprint density at radius 1 is 0.500 bits per heavy atom. The maximum absolute atomic E-state index is 3.53. The van der Waals surface area contributed by atoms with Crippen LogP contribution >= 0.6 is 23.5 Å². The maximum Gasteiger partial charge on any atom is 0.130 e. The summed E-state index contributed by atoms with van der Waals surface area (Å²) >= 11 is 3.57. The summed E-state index contributed by atoms with van der Waals surface area (Å²) in [7, 11) is -5.47. The quantitative estimate of drug-likeness (QED) is 0.322. The van der Waals surface area contributed by atoms with Gasteiger partial charge in [0.25, 0.3) is 0 Å². The van der Waals surface area contributed by atoms with Gasteiger partial charge in [-0.3, -0.25) is 0 Å². The lowest BCUT2D eigenvalue weighted by Gasteiger charge is -2.41. The lowest BCUT2D eigenvalue weighted by molar-refractivity contribution is 1.44. The molecule has 0 unspecified atom stereocenters. The lowest BCUT2D eigenvalue weighted by atomic mass is 10.3. The molecule has 0 heterocycles. The number of allylic oxidation sites excluding steroid dienone is 2. The molecule has 0 N–H and O–H groups in total. The molecule has 0 saturated carbocycles. The smallest absolute Gasteiger partial charge is 0.120 e. The van der Waals surface area contributed by atoms with Crippen LogP contribution in [0.3, 0.4) is 0 Å². The molecule has 144 valence electrons. The van der Waals surface area contributed by atoms with Gasteiger partial charge in [0, 0.05) is 9.81 Å². The van der Waals surface area contributed by atoms with E-state index in [1.807, 2.05) is 0 Å². The minimum Gasteiger partial charge on any atom is -0.120 e. The second-order valence-corrected chi connectivity index (χ2v) is 32.2. The highest BCUT2D eigenvalue weighted by molar-refractivity contribution is 8.11. The maximum atomic E-state index is 3.53. The van der Waals surface area contributed by atoms with Crippen LogP contribution in [-0.4, -0.2) is 32.3 Å². The molecule has 0 spiro atoms. The fourth-order valence-corrected chi connectivity index (χ4v) is 14.7. The molecular formula is C20H36S2Si4. The SMILES string of the molecule is C[Si](C)(C)C#CSC1=C(SC#C[Si](C)(C)C)C([Si](C)(C)C)=C1[Si](C)(C)C. The van der Waals surface area contributed by atoms with E-state index in [1.54, 1.807) is 33.9 Å². The number of hydrogen-bond donors (Lipinski definition) is 0. The van der Waals surface area contributed by atoms with Gasteiger partial charge in [0.05, 0.1) is 16.1 Å². The zero-order valence-corrected chi connectivity index (χ0v) is 24.4. The van der Waals surface area contributed by atoms with Crippen molar-refractivity contribution in [2.75, 3.05) is 0 Å². The number of hydrogen-bond acceptors (Lipinski definition) is 2. The van der Waals surface area contributed by atoms with Gasteiger partial charge in [-0.2, -0.15) is 0 Å². The van der Waals surface area contributed by atoms with E-state index in [9.17, 15) is 0 Å². The Labute approximate surface area is 175 Å². The largest absolute Gasteiger partial charge is 0.130 e. The van der Waals surface area contributed by atoms with Crippen molar-refractivity contribution in [3.05, 3.63) is 20.2 Å². The van der Waals surface area contributed by atoms with E-state index in [0.717, 1.165) is 0 Å². The van der Waals surface area contributed by atoms with E-state index >= 15 is 0 Å². The zero-order chi connectivity index (χ0) is 20.6. The Bertz CT molecular complexity index is 677. The summed E-state index contributed by atoms with van der Waals surface area (Å²) in [5.74, 6) is 0. The van der Waals surface area contributed by atoms with E-state index in [0.29, 0.717) is 0 Å². The van der Waals surface area contributed by atoms with Gasteiger partial charge in [-0.25, -0.2) is 0 Å². The summed E-state index contributed by atoms with van der Waals surface area (Å²) < 4.78 is 0. The van der Waals surface area contributed by atoms with E-state index in [4.69, 9.17) is 0 Å². The average Bonchev–Trinajstić information content (AvgIpc) is 2.31. The van der Waals surface area contributed by atoms with Crippen LogP contribution in [0.2, 0.25) is 78.6 Å². The molecule has 0 nitrogen and oxygen atoms in total. The predicted octanol–water partition coefficient (Wildman–Crippen LogP) is 7.41. The second-order valence-electron chi connectivity index (χ2n) is 11.1. The van der Waals surface area contributed by atoms with Crippen molar-refractivity contribution in [2.24, 2.45) is 0 Å². The second kappa shape index (κ2) is 8.27. The summed E-state index contributed by atoms with van der Waals surface area (Å²) in [5.41, 5.74) is 7.06. The Morgan fingerprint density at radius 3 is 0.962 bits per heavy atom. The summed E-state index contributed by atoms with van der Waals surface area (Å²) in [6.45, 7) is 28.7. The highest BCUT2D eigenvalue weighted by atomic mass is 32.2. The molecular weight excluding hydrogens is 417 g/mol. The summed E-state index contributed by atoms with van der Waals surface area (Å²) in [5, 5.41) is 10.3. The molecule has 0 aromatic carbocycles. The molecule has 26 heavy (non-hydrogen) atoms. The van der Waals surface area contributed by atoms with Gasteiger partial charge < -0.3 is 0 Å². The molecule has 0 saturated heterocycles. The van der Waals surface area contributed by atoms with Gasteiger partial charge in [0.15, 0.2) is 0 Å². The third kappa shape index (κ3) is 7.30. The van der Waals surface area contributed by atoms with Crippen molar-refractivity contribution in [2.45, 2.75) is 78.6 Å². The molecule has 0 amide bonds. The fraction of sp³-hybridized carbons (Fsp3) is 0.600. The lowest BCUT2D eigenvalue weighted by Crippen LogP contribution is -2.39. The molecule has 0 radical (unpaired) electrons. The topological polar surface area (TPSA) is 0 Å². The molecule has 0 fully saturated rings. The van der Waals surface area contributed by atoms with Crippen molar-refractivity contribution < 1.29 is 0 Å². The average molecular weight is 453 g/mol. The van der Waals surface area contributed by atoms with Crippen molar-refractivity contribution in [1.29, 1.82) is 0 Å². The first kappa shape index (κ1) is 24.2. The van der Waals surface area contributed by atoms with Crippen molar-refractivity contribution in [3.63, 3.8) is 0 Å². The third-order valence-electron chi connectivity index (χ3n) is 3.57. The minimum absolute atomic E-state index is 1.34. The van der Waals surface area contributed by atoms with E-state index in [2.05, 4.69) is 100 Å². The van der Waals surface area contributed by atoms with Crippen molar-refractivity contribution in [1.82, 2.24) is 0 Å². The Morgan fingerprint density at radius 2 is 0.769 bits per heavy atom. The molecule has 1 aliphatic rings. The van der Waals surface area contributed by atoms with Gasteiger partial charge >= 0.3 is 0 Å². The first-order valence-electron chi connectivity index (χ1n) is 9.32. The van der Waals surface area contributed by atoms with Crippen LogP contribution in [-0.2, 0) is 0 Å². The minimum atomic E-state index is -1.40. The Kier molecular flexibility index (Phi) is 7.70. The molecule has 1 rings (SSSR count). The normalized spacial score (nSPS) is 15.8. The molecule has 0 aromatic rings. The molecule has 1 aliphatic carbocycles. The molecule has 6 heteroatoms. The Hall–Kier alpha value is 0.168. The van der Waals surface area contributed by atoms with Gasteiger partial charge in [-0.1, -0.05) is 78.6 Å². The molecule has 0 atom stereocenters. The fourth-order valence-electron chi connectivity index (χ4n) is 2.48. The van der Waals surface area contributed by atoms with Crippen LogP contribution in [0, 0.1) is 21.6 Å². The molecule has 0 aromatic heterocycles. The van der Waals surface area contributed by atoms with Crippen LogP contribution in [0.4, 0.5) is 0 Å². The van der Waals surface area contributed by atoms with Gasteiger partial charge in [0.2, 0.25) is 0 Å². The summed E-state index contributed by atoms with van der Waals surface area (Å²) in [6, 6.07) is 0. The zero-order valence-electron chi connectivity index (χ0n) is 18.8. The van der Waals surface area contributed by atoms with Crippen LogP contribution in [0.5, 0.6) is 0 Å². The van der Waals surface area contributed by atoms with Gasteiger partial charge in [0.1, 0.15) is 16.1 Å². The van der Waals surface area contributed by atoms with Crippen LogP contribution in [0.25, 0.3) is 0 Å². The van der Waals surface area contributed by atoms with Crippen LogP contribution in [0.15, 0.2) is 20.2 Å². The highest BCUT2D eigenvalue weighted by Gasteiger charge is 2.42. The molecule has 0 bridgehead atoms.